The molecule has 11 heteroatoms. The van der Waals surface area contributed by atoms with Crippen molar-refractivity contribution in [1.82, 2.24) is 10.3 Å². The standard InChI is InChI=1S/C26H27N3O6S2/c1-3-34-25(33)22-17(2)27-26(37-22)29-21(30)14-35-24(32)20(16-36-15-18-10-6-4-7-11-18)28-23(31)19-12-8-5-9-13-19/h4-13,20H,3,14-16H2,1-2H3,(H,28,31)(H,27,29,30)/t20-/m1/s1. The summed E-state index contributed by atoms with van der Waals surface area (Å²) in [4.78, 5) is 54.2. The number of anilines is 1. The van der Waals surface area contributed by atoms with E-state index in [-0.39, 0.29) is 22.4 Å². The molecule has 2 aromatic carbocycles. The minimum Gasteiger partial charge on any atom is -0.462 e. The maximum absolute atomic E-state index is 12.8. The van der Waals surface area contributed by atoms with Crippen LogP contribution in [0.2, 0.25) is 0 Å². The number of hydrogen-bond donors (Lipinski definition) is 2. The van der Waals surface area contributed by atoms with Gasteiger partial charge in [-0.05, 0) is 31.5 Å². The fraction of sp³-hybridized carbons (Fsp3) is 0.269. The molecule has 0 spiro atoms. The lowest BCUT2D eigenvalue weighted by Crippen LogP contribution is -2.44. The fourth-order valence-electron chi connectivity index (χ4n) is 3.10. The van der Waals surface area contributed by atoms with Crippen LogP contribution in [0, 0.1) is 6.92 Å². The third kappa shape index (κ3) is 8.72. The number of nitrogens with one attached hydrogen (secondary N) is 2. The summed E-state index contributed by atoms with van der Waals surface area (Å²) in [5.41, 5.74) is 1.91. The average molecular weight is 542 g/mol. The summed E-state index contributed by atoms with van der Waals surface area (Å²) in [5.74, 6) is -1.40. The minimum atomic E-state index is -0.966. The van der Waals surface area contributed by atoms with E-state index in [0.29, 0.717) is 17.0 Å². The Hall–Kier alpha value is -3.70. The molecule has 1 atom stereocenters. The maximum Gasteiger partial charge on any atom is 0.350 e. The molecule has 0 unspecified atom stereocenters. The molecule has 0 bridgehead atoms. The summed E-state index contributed by atoms with van der Waals surface area (Å²) >= 11 is 2.43. The molecule has 1 aromatic heterocycles. The van der Waals surface area contributed by atoms with E-state index in [1.165, 1.54) is 11.8 Å². The highest BCUT2D eigenvalue weighted by molar-refractivity contribution is 7.98. The second-order valence-electron chi connectivity index (χ2n) is 7.70. The molecule has 3 aromatic rings. The van der Waals surface area contributed by atoms with Crippen LogP contribution in [0.25, 0.3) is 0 Å². The molecule has 194 valence electrons. The molecule has 2 amide bonds. The van der Waals surface area contributed by atoms with Crippen LogP contribution in [-0.4, -0.2) is 53.7 Å². The molecule has 0 fully saturated rings. The number of nitrogens with zero attached hydrogens (tertiary/aromatic N) is 1. The highest BCUT2D eigenvalue weighted by atomic mass is 32.2. The van der Waals surface area contributed by atoms with Crippen LogP contribution in [0.5, 0.6) is 0 Å². The molecule has 0 saturated heterocycles. The Labute approximate surface area is 223 Å². The van der Waals surface area contributed by atoms with Crippen LogP contribution in [0.15, 0.2) is 60.7 Å². The number of aromatic nitrogens is 1. The Kier molecular flexibility index (Phi) is 10.7. The van der Waals surface area contributed by atoms with Gasteiger partial charge in [-0.15, -0.1) is 0 Å². The van der Waals surface area contributed by atoms with Gasteiger partial charge >= 0.3 is 11.9 Å². The van der Waals surface area contributed by atoms with Gasteiger partial charge in [0.15, 0.2) is 11.7 Å². The Balaban J connectivity index is 1.58. The first-order valence-electron chi connectivity index (χ1n) is 11.5. The predicted octanol–water partition coefficient (Wildman–Crippen LogP) is 3.84. The number of ether oxygens (including phenoxy) is 2. The van der Waals surface area contributed by atoms with E-state index in [9.17, 15) is 19.2 Å². The molecule has 0 saturated carbocycles. The zero-order valence-corrected chi connectivity index (χ0v) is 22.0. The first-order valence-corrected chi connectivity index (χ1v) is 13.4. The molecule has 3 rings (SSSR count). The molecule has 9 nitrogen and oxygen atoms in total. The quantitative estimate of drug-likeness (QED) is 0.332. The average Bonchev–Trinajstić information content (AvgIpc) is 3.27. The van der Waals surface area contributed by atoms with Crippen molar-refractivity contribution < 1.29 is 28.7 Å². The van der Waals surface area contributed by atoms with Crippen LogP contribution < -0.4 is 10.6 Å². The van der Waals surface area contributed by atoms with Gasteiger partial charge in [0.1, 0.15) is 10.9 Å². The van der Waals surface area contributed by atoms with Crippen molar-refractivity contribution in [1.29, 1.82) is 0 Å². The van der Waals surface area contributed by atoms with E-state index in [0.717, 1.165) is 16.9 Å². The topological polar surface area (TPSA) is 124 Å². The van der Waals surface area contributed by atoms with Crippen LogP contribution in [-0.2, 0) is 24.8 Å². The molecule has 37 heavy (non-hydrogen) atoms. The van der Waals surface area contributed by atoms with Gasteiger partial charge in [-0.25, -0.2) is 14.6 Å². The van der Waals surface area contributed by atoms with Crippen LogP contribution >= 0.6 is 23.1 Å². The van der Waals surface area contributed by atoms with E-state index in [1.807, 2.05) is 30.3 Å². The van der Waals surface area contributed by atoms with Gasteiger partial charge in [-0.2, -0.15) is 11.8 Å². The van der Waals surface area contributed by atoms with Crippen molar-refractivity contribution in [3.63, 3.8) is 0 Å². The summed E-state index contributed by atoms with van der Waals surface area (Å²) in [7, 11) is 0. The number of thioether (sulfide) groups is 1. The lowest BCUT2D eigenvalue weighted by molar-refractivity contribution is -0.148. The monoisotopic (exact) mass is 541 g/mol. The maximum atomic E-state index is 12.8. The molecule has 0 aliphatic carbocycles. The lowest BCUT2D eigenvalue weighted by Gasteiger charge is -2.17. The van der Waals surface area contributed by atoms with Gasteiger partial charge in [-0.1, -0.05) is 59.9 Å². The number of rotatable bonds is 12. The van der Waals surface area contributed by atoms with Gasteiger partial charge in [0.2, 0.25) is 0 Å². The Morgan fingerprint density at radius 2 is 1.68 bits per heavy atom. The van der Waals surface area contributed by atoms with Gasteiger partial charge in [-0.3, -0.25) is 14.9 Å². The van der Waals surface area contributed by atoms with Crippen LogP contribution in [0.3, 0.4) is 0 Å². The normalized spacial score (nSPS) is 11.3. The smallest absolute Gasteiger partial charge is 0.350 e. The number of carbonyl (C=O) groups excluding carboxylic acids is 4. The zero-order chi connectivity index (χ0) is 26.6. The Bertz CT molecular complexity index is 1220. The fourth-order valence-corrected chi connectivity index (χ4v) is 4.97. The minimum absolute atomic E-state index is 0.189. The van der Waals surface area contributed by atoms with E-state index in [2.05, 4.69) is 15.6 Å². The third-order valence-electron chi connectivity index (χ3n) is 4.87. The van der Waals surface area contributed by atoms with Gasteiger partial charge in [0, 0.05) is 17.1 Å². The van der Waals surface area contributed by atoms with Crippen molar-refractivity contribution in [2.45, 2.75) is 25.6 Å². The highest BCUT2D eigenvalue weighted by Gasteiger charge is 2.24. The first-order chi connectivity index (χ1) is 17.9. The second-order valence-corrected chi connectivity index (χ2v) is 9.73. The first kappa shape index (κ1) is 27.9. The van der Waals surface area contributed by atoms with Gasteiger partial charge < -0.3 is 14.8 Å². The van der Waals surface area contributed by atoms with Crippen LogP contribution in [0.1, 0.15) is 38.2 Å². The van der Waals surface area contributed by atoms with Crippen molar-refractivity contribution >= 4 is 52.0 Å². The number of benzene rings is 2. The van der Waals surface area contributed by atoms with E-state index < -0.39 is 36.4 Å². The van der Waals surface area contributed by atoms with Crippen LogP contribution in [0.4, 0.5) is 5.13 Å². The number of amides is 2. The third-order valence-corrected chi connectivity index (χ3v) is 7.03. The summed E-state index contributed by atoms with van der Waals surface area (Å²) in [6.07, 6.45) is 0. The molecule has 0 radical (unpaired) electrons. The van der Waals surface area contributed by atoms with E-state index in [1.54, 1.807) is 44.2 Å². The largest absolute Gasteiger partial charge is 0.462 e. The summed E-state index contributed by atoms with van der Waals surface area (Å²) in [6.45, 7) is 2.97. The molecule has 2 N–H and O–H groups in total. The van der Waals surface area contributed by atoms with E-state index >= 15 is 0 Å². The SMILES string of the molecule is CCOC(=O)c1sc(NC(=O)COC(=O)[C@@H](CSCc2ccccc2)NC(=O)c2ccccc2)nc1C. The predicted molar refractivity (Wildman–Crippen MR) is 143 cm³/mol. The summed E-state index contributed by atoms with van der Waals surface area (Å²) in [6, 6.07) is 17.3. The van der Waals surface area contributed by atoms with E-state index in [4.69, 9.17) is 9.47 Å². The zero-order valence-electron chi connectivity index (χ0n) is 20.4. The van der Waals surface area contributed by atoms with Crippen molar-refractivity contribution in [3.05, 3.63) is 82.4 Å². The lowest BCUT2D eigenvalue weighted by atomic mass is 10.2. The highest BCUT2D eigenvalue weighted by Crippen LogP contribution is 2.23. The van der Waals surface area contributed by atoms with Crippen molar-refractivity contribution in [2.75, 3.05) is 24.3 Å². The second kappa shape index (κ2) is 14.1. The van der Waals surface area contributed by atoms with Crippen molar-refractivity contribution in [2.24, 2.45) is 0 Å². The Morgan fingerprint density at radius 3 is 2.35 bits per heavy atom. The number of carbonyl (C=O) groups is 4. The molecule has 0 aliphatic rings. The molecular formula is C26H27N3O6S2. The summed E-state index contributed by atoms with van der Waals surface area (Å²) < 4.78 is 10.2. The van der Waals surface area contributed by atoms with Gasteiger partial charge in [0.25, 0.3) is 11.8 Å². The molecule has 0 aliphatic heterocycles. The molecular weight excluding hydrogens is 514 g/mol. The number of hydrogen-bond acceptors (Lipinski definition) is 9. The molecule has 1 heterocycles. The Morgan fingerprint density at radius 1 is 1.00 bits per heavy atom. The number of thiazole rings is 1. The summed E-state index contributed by atoms with van der Waals surface area (Å²) in [5, 5.41) is 5.41. The number of aryl methyl sites for hydroxylation is 1. The number of esters is 2. The van der Waals surface area contributed by atoms with Crippen molar-refractivity contribution in [3.8, 4) is 0 Å². The van der Waals surface area contributed by atoms with Gasteiger partial charge in [0.05, 0.1) is 12.3 Å².